The molecular weight excluding hydrogens is 537 g/mol. The van der Waals surface area contributed by atoms with Crippen LogP contribution in [0.15, 0.2) is 67.5 Å². The number of ether oxygens (including phenoxy) is 1. The minimum absolute atomic E-state index is 0.0856. The fourth-order valence-corrected chi connectivity index (χ4v) is 5.01. The number of nitrogen functional groups attached to an aromatic ring is 1. The predicted molar refractivity (Wildman–Crippen MR) is 146 cm³/mol. The Labute approximate surface area is 233 Å². The third-order valence-electron chi connectivity index (χ3n) is 7.02. The zero-order valence-corrected chi connectivity index (χ0v) is 22.0. The number of anilines is 1. The van der Waals surface area contributed by atoms with E-state index in [0.29, 0.717) is 47.6 Å². The Balaban J connectivity index is 1.32. The second-order valence-corrected chi connectivity index (χ2v) is 9.73. The summed E-state index contributed by atoms with van der Waals surface area (Å²) in [5.41, 5.74) is 9.46. The highest BCUT2D eigenvalue weighted by Crippen LogP contribution is 2.34. The van der Waals surface area contributed by atoms with Crippen molar-refractivity contribution >= 4 is 28.5 Å². The Kier molecular flexibility index (Phi) is 7.73. The van der Waals surface area contributed by atoms with E-state index in [1.165, 1.54) is 24.5 Å². The van der Waals surface area contributed by atoms with Crippen molar-refractivity contribution < 1.29 is 27.5 Å². The molecule has 1 unspecified atom stereocenters. The third-order valence-corrected chi connectivity index (χ3v) is 7.02. The maximum Gasteiger partial charge on any atom is 0.573 e. The number of hydrogen-bond acceptors (Lipinski definition) is 7. The van der Waals surface area contributed by atoms with Gasteiger partial charge in [-0.15, -0.1) is 13.2 Å². The maximum absolute atomic E-state index is 12.6. The molecule has 1 saturated heterocycles. The van der Waals surface area contributed by atoms with Crippen molar-refractivity contribution in [1.29, 1.82) is 0 Å². The second kappa shape index (κ2) is 11.4. The van der Waals surface area contributed by atoms with Gasteiger partial charge in [-0.3, -0.25) is 9.59 Å². The van der Waals surface area contributed by atoms with Gasteiger partial charge in [0.15, 0.2) is 11.4 Å². The molecule has 1 aliphatic rings. The van der Waals surface area contributed by atoms with Gasteiger partial charge >= 0.3 is 6.36 Å². The average Bonchev–Trinajstić information content (AvgIpc) is 3.36. The molecule has 0 aliphatic carbocycles. The van der Waals surface area contributed by atoms with Crippen molar-refractivity contribution in [3.8, 4) is 17.0 Å². The van der Waals surface area contributed by atoms with Gasteiger partial charge in [-0.25, -0.2) is 14.6 Å². The number of piperidine rings is 1. The molecule has 0 radical (unpaired) electrons. The van der Waals surface area contributed by atoms with Crippen LogP contribution in [0.1, 0.15) is 41.2 Å². The monoisotopic (exact) mass is 564 g/mol. The Morgan fingerprint density at radius 1 is 1.10 bits per heavy atom. The SMILES string of the molecule is C=CC(=O)N1CCCC(n2nc(-c3ccc(CCC(=O)c4ccc(OC(F)(F)F)cc4)cc3)c3c(N)ncnc32)C1. The normalized spacial score (nSPS) is 15.6. The molecule has 1 amide bonds. The fourth-order valence-electron chi connectivity index (χ4n) is 5.01. The summed E-state index contributed by atoms with van der Waals surface area (Å²) in [6.07, 6.45) is 0.185. The van der Waals surface area contributed by atoms with Crippen LogP contribution in [0.3, 0.4) is 0 Å². The van der Waals surface area contributed by atoms with Gasteiger partial charge in [-0.05, 0) is 55.2 Å². The quantitative estimate of drug-likeness (QED) is 0.233. The molecule has 1 fully saturated rings. The number of benzene rings is 2. The number of ketones is 1. The zero-order valence-electron chi connectivity index (χ0n) is 22.0. The molecule has 41 heavy (non-hydrogen) atoms. The summed E-state index contributed by atoms with van der Waals surface area (Å²) in [4.78, 5) is 35.2. The minimum Gasteiger partial charge on any atom is -0.406 e. The zero-order chi connectivity index (χ0) is 29.1. The van der Waals surface area contributed by atoms with Gasteiger partial charge in [0.2, 0.25) is 5.91 Å². The number of carbonyl (C=O) groups excluding carboxylic acids is 2. The van der Waals surface area contributed by atoms with Crippen LogP contribution in [0.5, 0.6) is 5.75 Å². The first-order valence-corrected chi connectivity index (χ1v) is 13.0. The number of hydrogen-bond donors (Lipinski definition) is 1. The smallest absolute Gasteiger partial charge is 0.406 e. The van der Waals surface area contributed by atoms with Gasteiger partial charge in [0.25, 0.3) is 0 Å². The molecule has 212 valence electrons. The van der Waals surface area contributed by atoms with E-state index >= 15 is 0 Å². The van der Waals surface area contributed by atoms with Crippen molar-refractivity contribution in [2.75, 3.05) is 18.8 Å². The van der Waals surface area contributed by atoms with Crippen LogP contribution >= 0.6 is 0 Å². The lowest BCUT2D eigenvalue weighted by atomic mass is 10.0. The summed E-state index contributed by atoms with van der Waals surface area (Å²) in [6, 6.07) is 12.3. The highest BCUT2D eigenvalue weighted by atomic mass is 19.4. The van der Waals surface area contributed by atoms with E-state index in [-0.39, 0.29) is 29.9 Å². The van der Waals surface area contributed by atoms with Gasteiger partial charge in [0.05, 0.1) is 11.4 Å². The molecule has 1 aliphatic heterocycles. The molecule has 3 heterocycles. The summed E-state index contributed by atoms with van der Waals surface area (Å²) in [5.74, 6) is -0.398. The molecule has 1 atom stereocenters. The molecule has 4 aromatic rings. The number of rotatable bonds is 8. The number of amides is 1. The van der Waals surface area contributed by atoms with E-state index in [1.54, 1.807) is 4.90 Å². The van der Waals surface area contributed by atoms with Crippen LogP contribution in [0.25, 0.3) is 22.3 Å². The van der Waals surface area contributed by atoms with Crippen LogP contribution < -0.4 is 10.5 Å². The number of aromatic nitrogens is 4. The molecule has 0 spiro atoms. The predicted octanol–water partition coefficient (Wildman–Crippen LogP) is 5.14. The maximum atomic E-state index is 12.6. The van der Waals surface area contributed by atoms with E-state index in [9.17, 15) is 22.8 Å². The van der Waals surface area contributed by atoms with Gasteiger partial charge in [-0.2, -0.15) is 5.10 Å². The molecule has 5 rings (SSSR count). The van der Waals surface area contributed by atoms with Crippen molar-refractivity contribution in [3.05, 3.63) is 78.6 Å². The Morgan fingerprint density at radius 3 is 2.51 bits per heavy atom. The Morgan fingerprint density at radius 2 is 1.83 bits per heavy atom. The molecule has 12 heteroatoms. The largest absolute Gasteiger partial charge is 0.573 e. The highest BCUT2D eigenvalue weighted by Gasteiger charge is 2.31. The molecule has 2 N–H and O–H groups in total. The van der Waals surface area contributed by atoms with Crippen LogP contribution in [0.2, 0.25) is 0 Å². The molecule has 0 saturated carbocycles. The minimum atomic E-state index is -4.79. The van der Waals surface area contributed by atoms with Crippen LogP contribution in [-0.4, -0.2) is 55.8 Å². The topological polar surface area (TPSA) is 116 Å². The van der Waals surface area contributed by atoms with Gasteiger partial charge in [0, 0.05) is 30.6 Å². The van der Waals surface area contributed by atoms with E-state index in [1.807, 2.05) is 28.9 Å². The first-order valence-electron chi connectivity index (χ1n) is 13.0. The van der Waals surface area contributed by atoms with E-state index < -0.39 is 6.36 Å². The average molecular weight is 565 g/mol. The van der Waals surface area contributed by atoms with E-state index in [4.69, 9.17) is 10.8 Å². The van der Waals surface area contributed by atoms with Crippen LogP contribution in [0, 0.1) is 0 Å². The number of alkyl halides is 3. The lowest BCUT2D eigenvalue weighted by molar-refractivity contribution is -0.274. The standard InChI is InChI=1S/C29H27F3N6O3/c1-2-24(40)37-15-3-4-21(16-37)38-28-25(27(33)34-17-35-28)26(36-38)20-8-5-18(6-9-20)7-14-23(39)19-10-12-22(13-11-19)41-29(30,31)32/h2,5-6,8-13,17,21H,1,3-4,7,14-16H2,(H2,33,34,35). The summed E-state index contributed by atoms with van der Waals surface area (Å²) in [7, 11) is 0. The van der Waals surface area contributed by atoms with Gasteiger partial charge in [-0.1, -0.05) is 30.8 Å². The lowest BCUT2D eigenvalue weighted by Gasteiger charge is -2.32. The van der Waals surface area contributed by atoms with E-state index in [0.717, 1.165) is 36.1 Å². The first-order chi connectivity index (χ1) is 19.6. The van der Waals surface area contributed by atoms with Gasteiger partial charge < -0.3 is 15.4 Å². The number of aryl methyl sites for hydroxylation is 1. The Hall–Kier alpha value is -4.74. The lowest BCUT2D eigenvalue weighted by Crippen LogP contribution is -2.40. The number of fused-ring (bicyclic) bond motifs is 1. The van der Waals surface area contributed by atoms with Crippen molar-refractivity contribution in [3.63, 3.8) is 0 Å². The highest BCUT2D eigenvalue weighted by molar-refractivity contribution is 5.98. The number of carbonyl (C=O) groups is 2. The molecule has 9 nitrogen and oxygen atoms in total. The number of nitrogens with zero attached hydrogens (tertiary/aromatic N) is 5. The van der Waals surface area contributed by atoms with Crippen LogP contribution in [-0.2, 0) is 11.2 Å². The fraction of sp³-hybridized carbons (Fsp3) is 0.276. The van der Waals surface area contributed by atoms with Gasteiger partial charge in [0.1, 0.15) is 23.6 Å². The summed E-state index contributed by atoms with van der Waals surface area (Å²) in [6.45, 7) is 4.73. The van der Waals surface area contributed by atoms with E-state index in [2.05, 4.69) is 21.3 Å². The number of halogens is 3. The first kappa shape index (κ1) is 27.8. The number of Topliss-reactive ketones (excluding diaryl/α,β-unsaturated/α-hetero) is 1. The van der Waals surface area contributed by atoms with Crippen LogP contribution in [0.4, 0.5) is 19.0 Å². The molecule has 0 bridgehead atoms. The third kappa shape index (κ3) is 6.21. The summed E-state index contributed by atoms with van der Waals surface area (Å²) in [5, 5.41) is 5.50. The van der Waals surface area contributed by atoms with Crippen molar-refractivity contribution in [1.82, 2.24) is 24.6 Å². The van der Waals surface area contributed by atoms with Crippen molar-refractivity contribution in [2.24, 2.45) is 0 Å². The second-order valence-electron chi connectivity index (χ2n) is 9.73. The van der Waals surface area contributed by atoms with Crippen molar-refractivity contribution in [2.45, 2.75) is 38.1 Å². The number of nitrogens with two attached hydrogens (primary N) is 1. The molecular formula is C29H27F3N6O3. The Bertz CT molecular complexity index is 1580. The summed E-state index contributed by atoms with van der Waals surface area (Å²) >= 11 is 0. The number of likely N-dealkylation sites (tertiary alicyclic amines) is 1. The molecule has 2 aromatic heterocycles. The molecule has 2 aromatic carbocycles. The summed E-state index contributed by atoms with van der Waals surface area (Å²) < 4.78 is 42.7.